The van der Waals surface area contributed by atoms with E-state index in [0.29, 0.717) is 6.92 Å². The van der Waals surface area contributed by atoms with Crippen LogP contribution in [0.2, 0.25) is 0 Å². The Kier molecular flexibility index (Phi) is 9.83. The number of halogens is 17. The smallest absolute Gasteiger partial charge is 0.438 e. The number of esters is 1. The van der Waals surface area contributed by atoms with Gasteiger partial charge in [-0.25, -0.2) is 13.2 Å². The molecule has 1 fully saturated rings. The van der Waals surface area contributed by atoms with E-state index in [9.17, 15) is 79.4 Å². The number of hydrogen-bond donors (Lipinski definition) is 0. The van der Waals surface area contributed by atoms with Crippen LogP contribution in [-0.2, 0) is 14.3 Å². The molecule has 1 atom stereocenters. The van der Waals surface area contributed by atoms with Crippen LogP contribution in [0.15, 0.2) is 0 Å². The van der Waals surface area contributed by atoms with Gasteiger partial charge in [0, 0.05) is 33.0 Å². The van der Waals surface area contributed by atoms with Crippen LogP contribution in [0.4, 0.5) is 74.6 Å². The molecule has 0 bridgehead atoms. The third-order valence-electron chi connectivity index (χ3n) is 5.37. The van der Waals surface area contributed by atoms with Gasteiger partial charge in [-0.1, -0.05) is 0 Å². The normalized spacial score (nSPS) is 18.7. The van der Waals surface area contributed by atoms with E-state index in [-0.39, 0.29) is 26.3 Å². The highest BCUT2D eigenvalue weighted by Gasteiger charge is 2.95. The Balaban J connectivity index is 3.38. The first-order chi connectivity index (χ1) is 17.1. The molecule has 1 rings (SSSR count). The fourth-order valence-corrected chi connectivity index (χ4v) is 3.45. The lowest BCUT2D eigenvalue weighted by atomic mass is 9.84. The van der Waals surface area contributed by atoms with E-state index >= 15 is 0 Å². The van der Waals surface area contributed by atoms with Crippen molar-refractivity contribution in [2.75, 3.05) is 32.8 Å². The molecule has 1 unspecified atom stereocenters. The van der Waals surface area contributed by atoms with E-state index in [0.717, 1.165) is 0 Å². The highest BCUT2D eigenvalue weighted by Crippen LogP contribution is 2.64. The number of nitrogens with zero attached hydrogens (tertiary/aromatic N) is 1. The molecule has 1 heterocycles. The molecular formula is C18H18F17NO3. The van der Waals surface area contributed by atoms with Crippen LogP contribution in [0.1, 0.15) is 19.8 Å². The Bertz CT molecular complexity index is 835. The van der Waals surface area contributed by atoms with Crippen LogP contribution >= 0.6 is 0 Å². The van der Waals surface area contributed by atoms with Gasteiger partial charge in [0.05, 0.1) is 19.6 Å². The zero-order valence-corrected chi connectivity index (χ0v) is 19.1. The van der Waals surface area contributed by atoms with Gasteiger partial charge < -0.3 is 9.47 Å². The second kappa shape index (κ2) is 10.9. The lowest BCUT2D eigenvalue weighted by molar-refractivity contribution is -0.458. The van der Waals surface area contributed by atoms with Gasteiger partial charge in [-0.05, 0) is 0 Å². The molecule has 0 aromatic rings. The van der Waals surface area contributed by atoms with Crippen molar-refractivity contribution in [2.24, 2.45) is 0 Å². The van der Waals surface area contributed by atoms with Gasteiger partial charge in [0.15, 0.2) is 0 Å². The molecule has 0 aliphatic carbocycles. The molecule has 4 nitrogen and oxygen atoms in total. The maximum atomic E-state index is 14.3. The first kappa shape index (κ1) is 35.2. The number of ether oxygens (including phenoxy) is 2. The van der Waals surface area contributed by atoms with Gasteiger partial charge in [0.2, 0.25) is 0 Å². The molecule has 0 saturated carbocycles. The Labute approximate surface area is 207 Å². The Morgan fingerprint density at radius 1 is 0.744 bits per heavy atom. The molecule has 0 spiro atoms. The summed E-state index contributed by atoms with van der Waals surface area (Å²) in [6.45, 7) is -0.0907. The van der Waals surface area contributed by atoms with Crippen molar-refractivity contribution >= 4 is 5.97 Å². The van der Waals surface area contributed by atoms with Crippen molar-refractivity contribution in [1.29, 1.82) is 0 Å². The minimum atomic E-state index is -8.70. The van der Waals surface area contributed by atoms with Crippen LogP contribution < -0.4 is 0 Å². The summed E-state index contributed by atoms with van der Waals surface area (Å²) in [6.07, 6.45) is -24.4. The second-order valence-corrected chi connectivity index (χ2v) is 8.46. The molecule has 0 aromatic heterocycles. The third-order valence-corrected chi connectivity index (χ3v) is 5.37. The zero-order chi connectivity index (χ0) is 31.1. The zero-order valence-electron chi connectivity index (χ0n) is 19.1. The highest BCUT2D eigenvalue weighted by atomic mass is 19.4. The van der Waals surface area contributed by atoms with E-state index in [1.807, 2.05) is 0 Å². The maximum absolute atomic E-state index is 14.3. The first-order valence-electron chi connectivity index (χ1n) is 10.3. The van der Waals surface area contributed by atoms with E-state index in [1.165, 1.54) is 4.90 Å². The topological polar surface area (TPSA) is 38.8 Å². The third kappa shape index (κ3) is 6.75. The summed E-state index contributed by atoms with van der Waals surface area (Å²) in [5.74, 6) is -39.2. The van der Waals surface area contributed by atoms with Crippen molar-refractivity contribution in [1.82, 2.24) is 4.90 Å². The Morgan fingerprint density at radius 2 is 1.18 bits per heavy atom. The molecule has 21 heteroatoms. The van der Waals surface area contributed by atoms with Crippen molar-refractivity contribution in [3.8, 4) is 0 Å². The fraction of sp³-hybridized carbons (Fsp3) is 0.944. The second-order valence-electron chi connectivity index (χ2n) is 8.46. The first-order valence-corrected chi connectivity index (χ1v) is 10.3. The minimum absolute atomic E-state index is 0.00266. The van der Waals surface area contributed by atoms with Gasteiger partial charge in [-0.15, -0.1) is 0 Å². The fourth-order valence-electron chi connectivity index (χ4n) is 3.45. The van der Waals surface area contributed by atoms with E-state index in [1.54, 1.807) is 0 Å². The molecule has 1 saturated heterocycles. The lowest BCUT2D eigenvalue weighted by Gasteiger charge is -2.43. The summed E-state index contributed by atoms with van der Waals surface area (Å²) in [5, 5.41) is 0. The number of rotatable bonds is 11. The summed E-state index contributed by atoms with van der Waals surface area (Å²) in [7, 11) is 0. The van der Waals surface area contributed by atoms with E-state index < -0.39 is 79.1 Å². The number of carbonyl (C=O) groups is 1. The van der Waals surface area contributed by atoms with Gasteiger partial charge in [0.25, 0.3) is 5.92 Å². The summed E-state index contributed by atoms with van der Waals surface area (Å²) >= 11 is 0. The highest BCUT2D eigenvalue weighted by molar-refractivity contribution is 5.66. The predicted molar refractivity (Wildman–Crippen MR) is 92.7 cm³/mol. The molecule has 1 aliphatic rings. The van der Waals surface area contributed by atoms with Gasteiger partial charge in [-0.3, -0.25) is 9.69 Å². The Hall–Kier alpha value is -1.80. The van der Waals surface area contributed by atoms with Crippen molar-refractivity contribution in [3.05, 3.63) is 0 Å². The van der Waals surface area contributed by atoms with Crippen LogP contribution in [0.3, 0.4) is 0 Å². The number of alkyl halides is 17. The SMILES string of the molecule is CC(=O)OC(CN1CCOCC1)CC(F)(F)CC(F)(F)C(F)(F)C(F)(F)C(F)(F)C(F)(C(F)(F)F)C(F)(F)F. The molecule has 0 amide bonds. The molecule has 232 valence electrons. The van der Waals surface area contributed by atoms with Crippen LogP contribution in [0, 0.1) is 0 Å². The summed E-state index contributed by atoms with van der Waals surface area (Å²) in [5.41, 5.74) is -8.52. The van der Waals surface area contributed by atoms with E-state index in [4.69, 9.17) is 4.74 Å². The Morgan fingerprint density at radius 3 is 1.56 bits per heavy atom. The number of carbonyl (C=O) groups excluding carboxylic acids is 1. The van der Waals surface area contributed by atoms with Gasteiger partial charge in [0.1, 0.15) is 6.10 Å². The van der Waals surface area contributed by atoms with Gasteiger partial charge in [-0.2, -0.15) is 61.5 Å². The minimum Gasteiger partial charge on any atom is -0.461 e. The van der Waals surface area contributed by atoms with Crippen LogP contribution in [0.5, 0.6) is 0 Å². The van der Waals surface area contributed by atoms with Crippen molar-refractivity contribution in [3.63, 3.8) is 0 Å². The van der Waals surface area contributed by atoms with Gasteiger partial charge >= 0.3 is 47.7 Å². The largest absolute Gasteiger partial charge is 0.461 e. The van der Waals surface area contributed by atoms with E-state index in [2.05, 4.69) is 4.74 Å². The quantitative estimate of drug-likeness (QED) is 0.209. The van der Waals surface area contributed by atoms with Crippen LogP contribution in [-0.4, -0.2) is 97.5 Å². The summed E-state index contributed by atoms with van der Waals surface area (Å²) in [6, 6.07) is 0. The predicted octanol–water partition coefficient (Wildman–Crippen LogP) is 6.04. The maximum Gasteiger partial charge on any atom is 0.438 e. The van der Waals surface area contributed by atoms with Crippen LogP contribution in [0.25, 0.3) is 0 Å². The molecule has 0 N–H and O–H groups in total. The molecular weight excluding hydrogens is 601 g/mol. The summed E-state index contributed by atoms with van der Waals surface area (Å²) < 4.78 is 237. The lowest BCUT2D eigenvalue weighted by Crippen LogP contribution is -2.75. The van der Waals surface area contributed by atoms with Crippen molar-refractivity contribution in [2.45, 2.75) is 73.5 Å². The molecule has 0 aromatic carbocycles. The standard InChI is InChI=1S/C18H18F17NO3/c1-9(37)39-10(7-36-2-4-38-5-3-36)6-11(19,20)8-12(21,22)14(24,25)16(28,29)15(26,27)13(23,17(30,31)32)18(33,34)35/h10H,2-8H2,1H3. The average molecular weight is 619 g/mol. The van der Waals surface area contributed by atoms with Crippen molar-refractivity contribution < 1.29 is 88.9 Å². The molecule has 1 aliphatic heterocycles. The number of morpholine rings is 1. The monoisotopic (exact) mass is 619 g/mol. The average Bonchev–Trinajstić information content (AvgIpc) is 2.69. The summed E-state index contributed by atoms with van der Waals surface area (Å²) in [4.78, 5) is 12.4. The molecule has 0 radical (unpaired) electrons. The number of hydrogen-bond acceptors (Lipinski definition) is 4. The molecule has 39 heavy (non-hydrogen) atoms.